The number of nitrogens with zero attached hydrogens (tertiary/aromatic N) is 3. The molecule has 146 valence electrons. The molecule has 4 rings (SSSR count). The summed E-state index contributed by atoms with van der Waals surface area (Å²) >= 11 is 19.4. The molecule has 2 aromatic carbocycles. The third kappa shape index (κ3) is 4.18. The van der Waals surface area contributed by atoms with Crippen LogP contribution in [0.2, 0.25) is 15.1 Å². The summed E-state index contributed by atoms with van der Waals surface area (Å²) in [4.78, 5) is 16.2. The fourth-order valence-corrected chi connectivity index (χ4v) is 3.79. The van der Waals surface area contributed by atoms with Crippen LogP contribution in [0.25, 0.3) is 6.08 Å². The number of hydrogen-bond acceptors (Lipinski definition) is 5. The third-order valence-electron chi connectivity index (χ3n) is 4.04. The van der Waals surface area contributed by atoms with Crippen LogP contribution >= 0.6 is 46.6 Å². The van der Waals surface area contributed by atoms with Gasteiger partial charge < -0.3 is 4.74 Å². The Balaban J connectivity index is 1.52. The van der Waals surface area contributed by atoms with E-state index in [1.54, 1.807) is 36.4 Å². The lowest BCUT2D eigenvalue weighted by atomic mass is 10.1. The van der Waals surface area contributed by atoms with E-state index in [-0.39, 0.29) is 18.0 Å². The number of ether oxygens (including phenoxy) is 1. The minimum atomic E-state index is -0.490. The fraction of sp³-hybridized carbons (Fsp3) is 0.0526. The lowest BCUT2D eigenvalue weighted by molar-refractivity contribution is -0.114. The molecule has 0 unspecified atom stereocenters. The third-order valence-corrected chi connectivity index (χ3v) is 5.75. The molecule has 2 heterocycles. The highest BCUT2D eigenvalue weighted by Crippen LogP contribution is 2.30. The Morgan fingerprint density at radius 1 is 1.10 bits per heavy atom. The van der Waals surface area contributed by atoms with Crippen LogP contribution in [0.3, 0.4) is 0 Å². The van der Waals surface area contributed by atoms with Crippen molar-refractivity contribution in [3.63, 3.8) is 0 Å². The Kier molecular flexibility index (Phi) is 5.65. The van der Waals surface area contributed by atoms with Crippen molar-refractivity contribution in [2.45, 2.75) is 6.61 Å². The predicted molar refractivity (Wildman–Crippen MR) is 118 cm³/mol. The zero-order valence-corrected chi connectivity index (χ0v) is 17.6. The number of rotatable bonds is 4. The number of amidine groups is 2. The molecule has 1 amide bonds. The van der Waals surface area contributed by atoms with Crippen LogP contribution in [0.5, 0.6) is 5.75 Å². The van der Waals surface area contributed by atoms with Crippen LogP contribution in [0.15, 0.2) is 52.1 Å². The summed E-state index contributed by atoms with van der Waals surface area (Å²) in [6.07, 6.45) is 1.55. The monoisotopic (exact) mass is 464 g/mol. The van der Waals surface area contributed by atoms with E-state index in [0.717, 1.165) is 5.56 Å². The van der Waals surface area contributed by atoms with Gasteiger partial charge in [-0.2, -0.15) is 15.1 Å². The Labute approximate surface area is 185 Å². The van der Waals surface area contributed by atoms with Crippen molar-refractivity contribution in [3.05, 3.63) is 68.2 Å². The van der Waals surface area contributed by atoms with Gasteiger partial charge in [0.15, 0.2) is 11.0 Å². The molecule has 0 saturated heterocycles. The summed E-state index contributed by atoms with van der Waals surface area (Å²) in [5.41, 5.74) is 3.15. The number of fused-ring (bicyclic) bond motifs is 1. The molecule has 0 spiro atoms. The second-order valence-electron chi connectivity index (χ2n) is 5.98. The summed E-state index contributed by atoms with van der Waals surface area (Å²) in [5.74, 6) is -0.0431. The van der Waals surface area contributed by atoms with Gasteiger partial charge in [0.2, 0.25) is 0 Å². The molecule has 0 aliphatic carbocycles. The molecular formula is C19H11Cl3N4O2S. The molecule has 0 radical (unpaired) electrons. The average molecular weight is 466 g/mol. The highest BCUT2D eigenvalue weighted by molar-refractivity contribution is 8.25. The van der Waals surface area contributed by atoms with E-state index in [1.807, 2.05) is 6.07 Å². The number of nitrogens with one attached hydrogen (secondary N) is 1. The molecule has 0 bridgehead atoms. The molecule has 0 aromatic heterocycles. The molecule has 10 heteroatoms. The highest BCUT2D eigenvalue weighted by Gasteiger charge is 2.32. The lowest BCUT2D eigenvalue weighted by Crippen LogP contribution is -2.35. The summed E-state index contributed by atoms with van der Waals surface area (Å²) in [6.45, 7) is 0.266. The molecule has 29 heavy (non-hydrogen) atoms. The average Bonchev–Trinajstić information content (AvgIpc) is 3.15. The molecule has 6 nitrogen and oxygen atoms in total. The zero-order chi connectivity index (χ0) is 20.5. The Bertz CT molecular complexity index is 1130. The Morgan fingerprint density at radius 2 is 1.93 bits per heavy atom. The maximum absolute atomic E-state index is 12.2. The minimum absolute atomic E-state index is 0.0303. The number of carbonyl (C=O) groups is 1. The SMILES string of the molecule is N=C1/C(=C/c2ccc(OCc3ccc(Cl)c(Cl)c3)c(Cl)c2)C(=O)N=C2SC=NN12. The number of carbonyl (C=O) groups excluding carboxylic acids is 1. The van der Waals surface area contributed by atoms with Gasteiger partial charge >= 0.3 is 0 Å². The van der Waals surface area contributed by atoms with Gasteiger partial charge in [0.1, 0.15) is 12.4 Å². The zero-order valence-electron chi connectivity index (χ0n) is 14.5. The van der Waals surface area contributed by atoms with E-state index in [9.17, 15) is 4.79 Å². The number of hydrazone groups is 1. The van der Waals surface area contributed by atoms with Gasteiger partial charge in [0, 0.05) is 0 Å². The second-order valence-corrected chi connectivity index (χ2v) is 8.02. The van der Waals surface area contributed by atoms with Gasteiger partial charge in [0.25, 0.3) is 5.91 Å². The number of amides is 1. The molecule has 0 atom stereocenters. The number of hydrogen-bond donors (Lipinski definition) is 1. The van der Waals surface area contributed by atoms with Crippen LogP contribution < -0.4 is 4.74 Å². The molecule has 2 aromatic rings. The van der Waals surface area contributed by atoms with E-state index >= 15 is 0 Å². The number of aliphatic imine (C=N–C) groups is 1. The van der Waals surface area contributed by atoms with Crippen molar-refractivity contribution in [1.82, 2.24) is 5.01 Å². The standard InChI is InChI=1S/C19H11Cl3N4O2S/c20-13-3-1-11(7-14(13)21)8-28-16-4-2-10(6-15(16)22)5-12-17(23)26-19(25-18(12)27)29-9-24-26/h1-7,9,23H,8H2/b12-5-,23-17?. The summed E-state index contributed by atoms with van der Waals surface area (Å²) in [6, 6.07) is 10.3. The maximum atomic E-state index is 12.2. The van der Waals surface area contributed by atoms with Crippen LogP contribution in [-0.2, 0) is 11.4 Å². The van der Waals surface area contributed by atoms with Gasteiger partial charge in [-0.1, -0.05) is 46.9 Å². The van der Waals surface area contributed by atoms with Gasteiger partial charge in [-0.15, -0.1) is 0 Å². The summed E-state index contributed by atoms with van der Waals surface area (Å²) < 4.78 is 5.75. The molecular weight excluding hydrogens is 455 g/mol. The first-order valence-corrected chi connectivity index (χ1v) is 10.2. The molecule has 2 aliphatic heterocycles. The first-order chi connectivity index (χ1) is 13.9. The quantitative estimate of drug-likeness (QED) is 0.607. The highest BCUT2D eigenvalue weighted by atomic mass is 35.5. The van der Waals surface area contributed by atoms with Crippen molar-refractivity contribution in [1.29, 1.82) is 5.41 Å². The first kappa shape index (κ1) is 20.0. The van der Waals surface area contributed by atoms with Crippen molar-refractivity contribution in [3.8, 4) is 5.75 Å². The Morgan fingerprint density at radius 3 is 2.69 bits per heavy atom. The second kappa shape index (κ2) is 8.20. The van der Waals surface area contributed by atoms with Crippen molar-refractivity contribution in [2.75, 3.05) is 0 Å². The first-order valence-electron chi connectivity index (χ1n) is 8.21. The molecule has 0 saturated carbocycles. The molecule has 0 fully saturated rings. The predicted octanol–water partition coefficient (Wildman–Crippen LogP) is 5.47. The normalized spacial score (nSPS) is 17.0. The van der Waals surface area contributed by atoms with Crippen LogP contribution in [0.4, 0.5) is 0 Å². The van der Waals surface area contributed by atoms with Crippen molar-refractivity contribution in [2.24, 2.45) is 10.1 Å². The van der Waals surface area contributed by atoms with Crippen LogP contribution in [-0.4, -0.2) is 27.5 Å². The van der Waals surface area contributed by atoms with E-state index in [0.29, 0.717) is 31.5 Å². The molecule has 1 N–H and O–H groups in total. The van der Waals surface area contributed by atoms with Gasteiger partial charge in [-0.3, -0.25) is 10.2 Å². The van der Waals surface area contributed by atoms with Crippen LogP contribution in [0, 0.1) is 5.41 Å². The van der Waals surface area contributed by atoms with Gasteiger partial charge in [-0.05, 0) is 53.2 Å². The van der Waals surface area contributed by atoms with E-state index in [4.69, 9.17) is 44.9 Å². The van der Waals surface area contributed by atoms with E-state index < -0.39 is 5.91 Å². The number of thioether (sulfide) groups is 1. The largest absolute Gasteiger partial charge is 0.487 e. The maximum Gasteiger partial charge on any atom is 0.283 e. The van der Waals surface area contributed by atoms with Crippen molar-refractivity contribution >= 4 is 75.1 Å². The topological polar surface area (TPSA) is 78.1 Å². The smallest absolute Gasteiger partial charge is 0.283 e. The van der Waals surface area contributed by atoms with Crippen LogP contribution in [0.1, 0.15) is 11.1 Å². The summed E-state index contributed by atoms with van der Waals surface area (Å²) in [7, 11) is 0. The van der Waals surface area contributed by atoms with Crippen molar-refractivity contribution < 1.29 is 9.53 Å². The van der Waals surface area contributed by atoms with E-state index in [1.165, 1.54) is 22.3 Å². The van der Waals surface area contributed by atoms with E-state index in [2.05, 4.69) is 10.1 Å². The fourth-order valence-electron chi connectivity index (χ4n) is 2.62. The molecule has 2 aliphatic rings. The van der Waals surface area contributed by atoms with Gasteiger partial charge in [0.05, 0.1) is 26.2 Å². The number of halogens is 3. The minimum Gasteiger partial charge on any atom is -0.487 e. The Hall–Kier alpha value is -2.32. The lowest BCUT2D eigenvalue weighted by Gasteiger charge is -2.20. The summed E-state index contributed by atoms with van der Waals surface area (Å²) in [5, 5.41) is 15.2. The van der Waals surface area contributed by atoms with Gasteiger partial charge in [-0.25, -0.2) is 0 Å². The number of benzene rings is 2.